The summed E-state index contributed by atoms with van der Waals surface area (Å²) >= 11 is 6.16. The molecule has 0 unspecified atom stereocenters. The van der Waals surface area contributed by atoms with Gasteiger partial charge in [0.2, 0.25) is 0 Å². The van der Waals surface area contributed by atoms with Crippen molar-refractivity contribution >= 4 is 11.6 Å². The molecule has 0 atom stereocenters. The Labute approximate surface area is 95.4 Å². The number of methoxy groups -OCH3 is 1. The maximum absolute atomic E-state index is 6.23. The molecule has 2 N–H and O–H groups in total. The third-order valence-electron chi connectivity index (χ3n) is 3.17. The lowest BCUT2D eigenvalue weighted by molar-refractivity contribution is 0.185. The van der Waals surface area contributed by atoms with Crippen LogP contribution in [0.3, 0.4) is 0 Å². The average Bonchev–Trinajstić information content (AvgIpc) is 2.18. The highest BCUT2D eigenvalue weighted by Gasteiger charge is 2.34. The molecule has 0 amide bonds. The van der Waals surface area contributed by atoms with Gasteiger partial charge < -0.3 is 10.5 Å². The summed E-state index contributed by atoms with van der Waals surface area (Å²) in [5, 5.41) is 0.756. The molecule has 1 fully saturated rings. The molecule has 1 aliphatic rings. The third-order valence-corrected chi connectivity index (χ3v) is 3.53. The highest BCUT2D eigenvalue weighted by Crippen LogP contribution is 2.39. The molecule has 1 aromatic rings. The summed E-state index contributed by atoms with van der Waals surface area (Å²) in [5.74, 6) is 0. The zero-order valence-corrected chi connectivity index (χ0v) is 9.68. The van der Waals surface area contributed by atoms with Gasteiger partial charge in [-0.2, -0.15) is 0 Å². The SMILES string of the molecule is COCc1ccc(C2(N)CCC2)cc1Cl. The number of nitrogens with two attached hydrogens (primary N) is 1. The first kappa shape index (κ1) is 10.9. The molecule has 0 saturated heterocycles. The van der Waals surface area contributed by atoms with Gasteiger partial charge in [-0.3, -0.25) is 0 Å². The third kappa shape index (κ3) is 2.03. The van der Waals surface area contributed by atoms with Crippen molar-refractivity contribution in [3.8, 4) is 0 Å². The number of halogens is 1. The van der Waals surface area contributed by atoms with Crippen LogP contribution in [0.4, 0.5) is 0 Å². The van der Waals surface area contributed by atoms with Gasteiger partial charge in [0.25, 0.3) is 0 Å². The van der Waals surface area contributed by atoms with Crippen LogP contribution in [0.5, 0.6) is 0 Å². The highest BCUT2D eigenvalue weighted by atomic mass is 35.5. The molecule has 0 heterocycles. The summed E-state index contributed by atoms with van der Waals surface area (Å²) in [4.78, 5) is 0. The van der Waals surface area contributed by atoms with E-state index < -0.39 is 0 Å². The Bertz CT molecular complexity index is 361. The van der Waals surface area contributed by atoms with Crippen molar-refractivity contribution in [3.05, 3.63) is 34.3 Å². The number of hydrogen-bond acceptors (Lipinski definition) is 2. The van der Waals surface area contributed by atoms with E-state index in [1.54, 1.807) is 7.11 Å². The molecular weight excluding hydrogens is 210 g/mol. The van der Waals surface area contributed by atoms with E-state index >= 15 is 0 Å². The highest BCUT2D eigenvalue weighted by molar-refractivity contribution is 6.31. The molecular formula is C12H16ClNO. The van der Waals surface area contributed by atoms with Gasteiger partial charge in [-0.05, 0) is 36.5 Å². The molecule has 3 heteroatoms. The van der Waals surface area contributed by atoms with Gasteiger partial charge in [0.05, 0.1) is 6.61 Å². The maximum Gasteiger partial charge on any atom is 0.0727 e. The molecule has 82 valence electrons. The van der Waals surface area contributed by atoms with E-state index in [2.05, 4.69) is 6.07 Å². The lowest BCUT2D eigenvalue weighted by Gasteiger charge is -2.38. The molecule has 0 bridgehead atoms. The molecule has 0 spiro atoms. The van der Waals surface area contributed by atoms with Gasteiger partial charge in [-0.15, -0.1) is 0 Å². The summed E-state index contributed by atoms with van der Waals surface area (Å²) in [6.07, 6.45) is 3.34. The van der Waals surface area contributed by atoms with E-state index in [0.29, 0.717) is 6.61 Å². The van der Waals surface area contributed by atoms with Crippen molar-refractivity contribution in [2.75, 3.05) is 7.11 Å². The second-order valence-electron chi connectivity index (χ2n) is 4.25. The lowest BCUT2D eigenvalue weighted by Crippen LogP contribution is -2.43. The van der Waals surface area contributed by atoms with Crippen LogP contribution in [-0.2, 0) is 16.9 Å². The molecule has 15 heavy (non-hydrogen) atoms. The quantitative estimate of drug-likeness (QED) is 0.859. The van der Waals surface area contributed by atoms with Crippen LogP contribution >= 0.6 is 11.6 Å². The van der Waals surface area contributed by atoms with Crippen LogP contribution in [-0.4, -0.2) is 7.11 Å². The summed E-state index contributed by atoms with van der Waals surface area (Å²) < 4.78 is 5.06. The first-order valence-electron chi connectivity index (χ1n) is 5.22. The zero-order chi connectivity index (χ0) is 10.9. The monoisotopic (exact) mass is 225 g/mol. The zero-order valence-electron chi connectivity index (χ0n) is 8.92. The summed E-state index contributed by atoms with van der Waals surface area (Å²) in [6.45, 7) is 0.552. The van der Waals surface area contributed by atoms with Crippen LogP contribution in [0.1, 0.15) is 30.4 Å². The minimum atomic E-state index is -0.130. The normalized spacial score (nSPS) is 18.6. The van der Waals surface area contributed by atoms with Crippen LogP contribution in [0.15, 0.2) is 18.2 Å². The second kappa shape index (κ2) is 4.12. The van der Waals surface area contributed by atoms with Crippen molar-refractivity contribution in [2.45, 2.75) is 31.4 Å². The fraction of sp³-hybridized carbons (Fsp3) is 0.500. The van der Waals surface area contributed by atoms with Gasteiger partial charge in [0, 0.05) is 17.7 Å². The first-order chi connectivity index (χ1) is 7.15. The van der Waals surface area contributed by atoms with Crippen molar-refractivity contribution in [1.82, 2.24) is 0 Å². The van der Waals surface area contributed by atoms with Gasteiger partial charge in [0.15, 0.2) is 0 Å². The van der Waals surface area contributed by atoms with Crippen LogP contribution < -0.4 is 5.73 Å². The minimum absolute atomic E-state index is 0.130. The smallest absolute Gasteiger partial charge is 0.0727 e. The lowest BCUT2D eigenvalue weighted by atomic mass is 9.73. The fourth-order valence-corrected chi connectivity index (χ4v) is 2.21. The molecule has 0 radical (unpaired) electrons. The van der Waals surface area contributed by atoms with E-state index in [9.17, 15) is 0 Å². The first-order valence-corrected chi connectivity index (χ1v) is 5.60. The largest absolute Gasteiger partial charge is 0.380 e. The second-order valence-corrected chi connectivity index (χ2v) is 4.66. The van der Waals surface area contributed by atoms with Crippen LogP contribution in [0, 0.1) is 0 Å². The average molecular weight is 226 g/mol. The number of benzene rings is 1. The van der Waals surface area contributed by atoms with Crippen molar-refractivity contribution in [3.63, 3.8) is 0 Å². The Morgan fingerprint density at radius 1 is 1.47 bits per heavy atom. The summed E-state index contributed by atoms with van der Waals surface area (Å²) in [5.41, 5.74) is 8.27. The molecule has 2 nitrogen and oxygen atoms in total. The van der Waals surface area contributed by atoms with E-state index in [1.165, 1.54) is 6.42 Å². The van der Waals surface area contributed by atoms with Gasteiger partial charge in [0.1, 0.15) is 0 Å². The molecule has 2 rings (SSSR count). The van der Waals surface area contributed by atoms with Crippen molar-refractivity contribution in [2.24, 2.45) is 5.73 Å². The number of hydrogen-bond donors (Lipinski definition) is 1. The van der Waals surface area contributed by atoms with Gasteiger partial charge >= 0.3 is 0 Å². The van der Waals surface area contributed by atoms with Gasteiger partial charge in [-0.25, -0.2) is 0 Å². The Hall–Kier alpha value is -0.570. The van der Waals surface area contributed by atoms with Crippen molar-refractivity contribution < 1.29 is 4.74 Å². The van der Waals surface area contributed by atoms with Gasteiger partial charge in [-0.1, -0.05) is 23.7 Å². The van der Waals surface area contributed by atoms with E-state index in [0.717, 1.165) is 29.0 Å². The molecule has 0 aromatic heterocycles. The number of ether oxygens (including phenoxy) is 1. The predicted octanol–water partition coefficient (Wildman–Crippen LogP) is 2.82. The summed E-state index contributed by atoms with van der Waals surface area (Å²) in [7, 11) is 1.67. The summed E-state index contributed by atoms with van der Waals surface area (Å²) in [6, 6.07) is 6.06. The Morgan fingerprint density at radius 2 is 2.20 bits per heavy atom. The molecule has 1 aromatic carbocycles. The Balaban J connectivity index is 2.25. The maximum atomic E-state index is 6.23. The van der Waals surface area contributed by atoms with Crippen LogP contribution in [0.25, 0.3) is 0 Å². The van der Waals surface area contributed by atoms with E-state index in [1.807, 2.05) is 12.1 Å². The van der Waals surface area contributed by atoms with E-state index in [-0.39, 0.29) is 5.54 Å². The fourth-order valence-electron chi connectivity index (χ4n) is 1.98. The topological polar surface area (TPSA) is 35.2 Å². The molecule has 1 saturated carbocycles. The molecule has 1 aliphatic carbocycles. The van der Waals surface area contributed by atoms with E-state index in [4.69, 9.17) is 22.1 Å². The minimum Gasteiger partial charge on any atom is -0.380 e. The Kier molecular flexibility index (Phi) is 3.01. The molecule has 0 aliphatic heterocycles. The van der Waals surface area contributed by atoms with Crippen LogP contribution in [0.2, 0.25) is 5.02 Å². The Morgan fingerprint density at radius 3 is 2.67 bits per heavy atom. The number of rotatable bonds is 3. The standard InChI is InChI=1S/C12H16ClNO/c1-15-8-9-3-4-10(7-11(9)13)12(14)5-2-6-12/h3-4,7H,2,5-6,8,14H2,1H3. The van der Waals surface area contributed by atoms with Crippen molar-refractivity contribution in [1.29, 1.82) is 0 Å². The predicted molar refractivity (Wildman–Crippen MR) is 61.9 cm³/mol.